The fourth-order valence-corrected chi connectivity index (χ4v) is 1.39. The second kappa shape index (κ2) is 3.67. The van der Waals surface area contributed by atoms with Gasteiger partial charge < -0.3 is 10.5 Å². The number of halogens is 1. The molecule has 4 nitrogen and oxygen atoms in total. The van der Waals surface area contributed by atoms with E-state index in [1.807, 2.05) is 6.20 Å². The van der Waals surface area contributed by atoms with Gasteiger partial charge in [0.15, 0.2) is 5.82 Å². The van der Waals surface area contributed by atoms with E-state index in [4.69, 9.17) is 10.5 Å². The number of nitrogen functional groups attached to an aromatic ring is 1. The van der Waals surface area contributed by atoms with Crippen molar-refractivity contribution in [2.45, 2.75) is 25.5 Å². The van der Waals surface area contributed by atoms with Gasteiger partial charge in [0.1, 0.15) is 0 Å². The van der Waals surface area contributed by atoms with Gasteiger partial charge in [-0.3, -0.25) is 4.68 Å². The molecule has 1 heterocycles. The van der Waals surface area contributed by atoms with Crippen molar-refractivity contribution in [3.63, 3.8) is 0 Å². The van der Waals surface area contributed by atoms with Gasteiger partial charge in [0, 0.05) is 6.20 Å². The Morgan fingerprint density at radius 3 is 3.00 bits per heavy atom. The van der Waals surface area contributed by atoms with Gasteiger partial charge in [-0.05, 0) is 28.8 Å². The van der Waals surface area contributed by atoms with E-state index in [1.165, 1.54) is 12.8 Å². The van der Waals surface area contributed by atoms with Crippen molar-refractivity contribution in [2.75, 3.05) is 12.3 Å². The third-order valence-corrected chi connectivity index (χ3v) is 2.55. The second-order valence-electron chi connectivity index (χ2n) is 3.20. The highest BCUT2D eigenvalue weighted by Crippen LogP contribution is 2.23. The van der Waals surface area contributed by atoms with E-state index in [0.29, 0.717) is 11.9 Å². The number of aromatic nitrogens is 2. The van der Waals surface area contributed by atoms with Crippen molar-refractivity contribution in [1.82, 2.24) is 9.78 Å². The van der Waals surface area contributed by atoms with Crippen molar-refractivity contribution in [1.29, 1.82) is 0 Å². The maximum Gasteiger partial charge on any atom is 0.159 e. The molecule has 0 spiro atoms. The Hall–Kier alpha value is -0.550. The Morgan fingerprint density at radius 2 is 2.46 bits per heavy atom. The molecule has 1 aromatic rings. The fraction of sp³-hybridized carbons (Fsp3) is 0.625. The summed E-state index contributed by atoms with van der Waals surface area (Å²) in [5.74, 6) is 0.534. The maximum atomic E-state index is 5.56. The van der Waals surface area contributed by atoms with Crippen LogP contribution in [0.25, 0.3) is 0 Å². The van der Waals surface area contributed by atoms with Crippen LogP contribution in [-0.2, 0) is 11.3 Å². The summed E-state index contributed by atoms with van der Waals surface area (Å²) < 4.78 is 8.13. The van der Waals surface area contributed by atoms with Crippen LogP contribution in [0.15, 0.2) is 10.7 Å². The molecule has 72 valence electrons. The summed E-state index contributed by atoms with van der Waals surface area (Å²) in [5.41, 5.74) is 5.56. The number of hydrogen-bond acceptors (Lipinski definition) is 3. The molecule has 0 amide bonds. The molecule has 1 saturated carbocycles. The zero-order valence-electron chi connectivity index (χ0n) is 7.24. The minimum atomic E-state index is 0.511. The highest BCUT2D eigenvalue weighted by Gasteiger charge is 2.21. The quantitative estimate of drug-likeness (QED) is 0.873. The van der Waals surface area contributed by atoms with Crippen LogP contribution in [0.4, 0.5) is 5.82 Å². The number of anilines is 1. The average Bonchev–Trinajstić information content (AvgIpc) is 2.82. The van der Waals surface area contributed by atoms with Crippen molar-refractivity contribution in [3.05, 3.63) is 10.7 Å². The number of ether oxygens (including phenoxy) is 1. The Bertz CT molecular complexity index is 276. The minimum Gasteiger partial charge on any atom is -0.381 e. The van der Waals surface area contributed by atoms with E-state index in [9.17, 15) is 0 Å². The molecule has 0 saturated heterocycles. The first-order chi connectivity index (χ1) is 6.25. The monoisotopic (exact) mass is 245 g/mol. The summed E-state index contributed by atoms with van der Waals surface area (Å²) in [6.45, 7) is 1.49. The van der Waals surface area contributed by atoms with Gasteiger partial charge in [0.05, 0.1) is 23.7 Å². The topological polar surface area (TPSA) is 53.1 Å². The van der Waals surface area contributed by atoms with Crippen LogP contribution < -0.4 is 5.73 Å². The normalized spacial score (nSPS) is 16.4. The van der Waals surface area contributed by atoms with E-state index >= 15 is 0 Å². The Balaban J connectivity index is 1.79. The molecule has 13 heavy (non-hydrogen) atoms. The highest BCUT2D eigenvalue weighted by molar-refractivity contribution is 9.10. The molecule has 1 aliphatic carbocycles. The van der Waals surface area contributed by atoms with Crippen LogP contribution in [0, 0.1) is 0 Å². The van der Waals surface area contributed by atoms with Crippen molar-refractivity contribution in [2.24, 2.45) is 0 Å². The lowest BCUT2D eigenvalue weighted by Crippen LogP contribution is -2.07. The molecule has 1 aliphatic rings. The lowest BCUT2D eigenvalue weighted by atomic mass is 10.6. The van der Waals surface area contributed by atoms with Gasteiger partial charge >= 0.3 is 0 Å². The van der Waals surface area contributed by atoms with Crippen molar-refractivity contribution >= 4 is 21.7 Å². The van der Waals surface area contributed by atoms with Crippen LogP contribution in [0.1, 0.15) is 12.8 Å². The largest absolute Gasteiger partial charge is 0.381 e. The lowest BCUT2D eigenvalue weighted by molar-refractivity contribution is 0.110. The molecule has 0 bridgehead atoms. The third kappa shape index (κ3) is 2.45. The number of nitrogens with two attached hydrogens (primary N) is 1. The zero-order chi connectivity index (χ0) is 9.26. The molecule has 2 N–H and O–H groups in total. The molecule has 0 atom stereocenters. The smallest absolute Gasteiger partial charge is 0.159 e. The molecule has 0 radical (unpaired) electrons. The van der Waals surface area contributed by atoms with Gasteiger partial charge in [0.2, 0.25) is 0 Å². The van der Waals surface area contributed by atoms with Crippen LogP contribution >= 0.6 is 15.9 Å². The predicted octanol–water partition coefficient (Wildman–Crippen LogP) is 1.41. The zero-order valence-corrected chi connectivity index (χ0v) is 8.83. The molecular weight excluding hydrogens is 234 g/mol. The average molecular weight is 246 g/mol. The number of rotatable bonds is 4. The summed E-state index contributed by atoms with van der Waals surface area (Å²) in [6, 6.07) is 0. The fourth-order valence-electron chi connectivity index (χ4n) is 1.07. The summed E-state index contributed by atoms with van der Waals surface area (Å²) in [4.78, 5) is 0. The van der Waals surface area contributed by atoms with Crippen LogP contribution in [-0.4, -0.2) is 22.5 Å². The van der Waals surface area contributed by atoms with Gasteiger partial charge in [-0.2, -0.15) is 5.10 Å². The third-order valence-electron chi connectivity index (χ3n) is 1.94. The molecule has 0 unspecified atom stereocenters. The van der Waals surface area contributed by atoms with E-state index in [-0.39, 0.29) is 0 Å². The number of hydrogen-bond donors (Lipinski definition) is 1. The first kappa shape index (κ1) is 9.02. The molecular formula is C8H12BrN3O. The Labute approximate surface area is 85.2 Å². The first-order valence-corrected chi connectivity index (χ1v) is 5.15. The predicted molar refractivity (Wildman–Crippen MR) is 53.3 cm³/mol. The first-order valence-electron chi connectivity index (χ1n) is 4.36. The second-order valence-corrected chi connectivity index (χ2v) is 4.05. The van der Waals surface area contributed by atoms with E-state index < -0.39 is 0 Å². The summed E-state index contributed by atoms with van der Waals surface area (Å²) in [5, 5.41) is 4.10. The van der Waals surface area contributed by atoms with Gasteiger partial charge in [-0.15, -0.1) is 0 Å². The minimum absolute atomic E-state index is 0.511. The molecule has 0 aromatic carbocycles. The molecule has 1 fully saturated rings. The summed E-state index contributed by atoms with van der Waals surface area (Å²) in [7, 11) is 0. The van der Waals surface area contributed by atoms with Crippen LogP contribution in [0.3, 0.4) is 0 Å². The van der Waals surface area contributed by atoms with Crippen LogP contribution in [0.2, 0.25) is 0 Å². The van der Waals surface area contributed by atoms with E-state index in [2.05, 4.69) is 21.0 Å². The summed E-state index contributed by atoms with van der Waals surface area (Å²) in [6.07, 6.45) is 4.80. The van der Waals surface area contributed by atoms with Crippen LogP contribution in [0.5, 0.6) is 0 Å². The number of nitrogens with zero attached hydrogens (tertiary/aromatic N) is 2. The van der Waals surface area contributed by atoms with Crippen molar-refractivity contribution < 1.29 is 4.74 Å². The van der Waals surface area contributed by atoms with E-state index in [0.717, 1.165) is 17.6 Å². The molecule has 2 rings (SSSR count). The van der Waals surface area contributed by atoms with Crippen molar-refractivity contribution in [3.8, 4) is 0 Å². The summed E-state index contributed by atoms with van der Waals surface area (Å²) >= 11 is 3.30. The van der Waals surface area contributed by atoms with Gasteiger partial charge in [-0.1, -0.05) is 0 Å². The Kier molecular flexibility index (Phi) is 2.55. The Morgan fingerprint density at radius 1 is 1.69 bits per heavy atom. The molecule has 5 heteroatoms. The molecule has 1 aromatic heterocycles. The lowest BCUT2D eigenvalue weighted by Gasteiger charge is -2.01. The molecule has 0 aliphatic heterocycles. The van der Waals surface area contributed by atoms with E-state index in [1.54, 1.807) is 4.68 Å². The maximum absolute atomic E-state index is 5.56. The van der Waals surface area contributed by atoms with Gasteiger partial charge in [-0.25, -0.2) is 0 Å². The van der Waals surface area contributed by atoms with Gasteiger partial charge in [0.25, 0.3) is 0 Å². The standard InChI is InChI=1S/C8H12BrN3O/c9-7-5-12(11-8(7)10)3-4-13-6-1-2-6/h5-6H,1-4H2,(H2,10,11). The SMILES string of the molecule is Nc1nn(CCOC2CC2)cc1Br. The highest BCUT2D eigenvalue weighted by atomic mass is 79.9.